The summed E-state index contributed by atoms with van der Waals surface area (Å²) in [6.07, 6.45) is 0. The lowest BCUT2D eigenvalue weighted by atomic mass is 10.1. The molecule has 0 bridgehead atoms. The van der Waals surface area contributed by atoms with Crippen molar-refractivity contribution in [2.24, 2.45) is 0 Å². The number of hydrogen-bond donors (Lipinski definition) is 0. The van der Waals surface area contributed by atoms with Gasteiger partial charge in [0.25, 0.3) is 0 Å². The quantitative estimate of drug-likeness (QED) is 0.452. The Balaban J connectivity index is 2.97. The first-order chi connectivity index (χ1) is 4.13. The molecule has 0 saturated heterocycles. The fraction of sp³-hybridized carbons (Fsp3) is 0.500. The Morgan fingerprint density at radius 2 is 1.44 bits per heavy atom. The van der Waals surface area contributed by atoms with E-state index in [-0.39, 0.29) is 0 Å². The molecular formula is C8H12P. The van der Waals surface area contributed by atoms with E-state index in [1.807, 2.05) is 0 Å². The number of rotatable bonds is 0. The summed E-state index contributed by atoms with van der Waals surface area (Å²) < 4.78 is 0. The zero-order valence-corrected chi connectivity index (χ0v) is 7.34. The molecule has 1 aliphatic rings. The summed E-state index contributed by atoms with van der Waals surface area (Å²) in [6, 6.07) is 0. The van der Waals surface area contributed by atoms with Crippen molar-refractivity contribution in [1.82, 2.24) is 0 Å². The van der Waals surface area contributed by atoms with Gasteiger partial charge in [0.15, 0.2) is 0 Å². The SMILES string of the molecule is C[C]1P=C(C)C(C)=C1C. The second-order valence-electron chi connectivity index (χ2n) is 2.53. The Labute approximate surface area is 58.8 Å². The first-order valence-corrected chi connectivity index (χ1v) is 4.09. The normalized spacial score (nSPS) is 22.9. The molecule has 9 heavy (non-hydrogen) atoms. The number of allylic oxidation sites excluding steroid dienone is 2. The molecule has 49 valence electrons. The molecule has 0 unspecified atom stereocenters. The fourth-order valence-corrected chi connectivity index (χ4v) is 2.14. The van der Waals surface area contributed by atoms with Crippen LogP contribution in [0.1, 0.15) is 27.7 Å². The van der Waals surface area contributed by atoms with Crippen LogP contribution in [0.5, 0.6) is 0 Å². The largest absolute Gasteiger partial charge is 0.0883 e. The maximum Gasteiger partial charge on any atom is 0.0474 e. The van der Waals surface area contributed by atoms with E-state index in [0.717, 1.165) is 0 Å². The van der Waals surface area contributed by atoms with E-state index in [1.165, 1.54) is 30.3 Å². The molecule has 0 fully saturated rings. The van der Waals surface area contributed by atoms with Crippen LogP contribution in [0.3, 0.4) is 0 Å². The van der Waals surface area contributed by atoms with Crippen molar-refractivity contribution in [3.63, 3.8) is 0 Å². The van der Waals surface area contributed by atoms with Crippen molar-refractivity contribution in [2.45, 2.75) is 27.7 Å². The second-order valence-corrected chi connectivity index (χ2v) is 4.10. The smallest absolute Gasteiger partial charge is 0.0474 e. The van der Waals surface area contributed by atoms with Gasteiger partial charge in [0.05, 0.1) is 0 Å². The topological polar surface area (TPSA) is 0 Å². The predicted molar refractivity (Wildman–Crippen MR) is 44.9 cm³/mol. The van der Waals surface area contributed by atoms with Crippen molar-refractivity contribution >= 4 is 13.5 Å². The third-order valence-electron chi connectivity index (χ3n) is 1.98. The minimum atomic E-state index is 1.44. The summed E-state index contributed by atoms with van der Waals surface area (Å²) in [5, 5.41) is 1.52. The van der Waals surface area contributed by atoms with Crippen LogP contribution < -0.4 is 0 Å². The van der Waals surface area contributed by atoms with Crippen molar-refractivity contribution < 1.29 is 0 Å². The molecule has 0 saturated carbocycles. The van der Waals surface area contributed by atoms with Crippen LogP contribution in [0.4, 0.5) is 0 Å². The van der Waals surface area contributed by atoms with Gasteiger partial charge in [0, 0.05) is 5.66 Å². The average molecular weight is 139 g/mol. The lowest BCUT2D eigenvalue weighted by Gasteiger charge is -1.98. The summed E-state index contributed by atoms with van der Waals surface area (Å²) >= 11 is 0. The molecule has 0 aromatic rings. The lowest BCUT2D eigenvalue weighted by Crippen LogP contribution is -1.86. The summed E-state index contributed by atoms with van der Waals surface area (Å²) in [5.41, 5.74) is 4.51. The zero-order chi connectivity index (χ0) is 7.02. The molecule has 0 N–H and O–H groups in total. The highest BCUT2D eigenvalue weighted by Gasteiger charge is 2.14. The molecular weight excluding hydrogens is 127 g/mol. The van der Waals surface area contributed by atoms with Crippen LogP contribution in [0.25, 0.3) is 0 Å². The molecule has 1 rings (SSSR count). The van der Waals surface area contributed by atoms with Crippen LogP contribution in [0, 0.1) is 5.66 Å². The molecule has 0 amide bonds. The summed E-state index contributed by atoms with van der Waals surface area (Å²) in [5.74, 6) is 0. The van der Waals surface area contributed by atoms with Crippen molar-refractivity contribution in [3.05, 3.63) is 16.8 Å². The van der Waals surface area contributed by atoms with E-state index in [9.17, 15) is 0 Å². The monoisotopic (exact) mass is 139 g/mol. The van der Waals surface area contributed by atoms with Crippen LogP contribution in [-0.4, -0.2) is 5.29 Å². The van der Waals surface area contributed by atoms with E-state index in [0.29, 0.717) is 0 Å². The third kappa shape index (κ3) is 1.09. The van der Waals surface area contributed by atoms with Gasteiger partial charge in [-0.1, -0.05) is 13.8 Å². The number of hydrogen-bond acceptors (Lipinski definition) is 0. The van der Waals surface area contributed by atoms with Gasteiger partial charge in [-0.15, -0.1) is 0 Å². The van der Waals surface area contributed by atoms with Crippen LogP contribution >= 0.6 is 8.20 Å². The highest BCUT2D eigenvalue weighted by Crippen LogP contribution is 2.36. The van der Waals surface area contributed by atoms with Crippen LogP contribution in [0.15, 0.2) is 11.1 Å². The van der Waals surface area contributed by atoms with Crippen LogP contribution in [-0.2, 0) is 0 Å². The van der Waals surface area contributed by atoms with Gasteiger partial charge >= 0.3 is 0 Å². The molecule has 1 heterocycles. The van der Waals surface area contributed by atoms with Gasteiger partial charge in [0.1, 0.15) is 0 Å². The van der Waals surface area contributed by atoms with Gasteiger partial charge in [-0.25, -0.2) is 0 Å². The standard InChI is InChI=1S/C8H12P/c1-5-6(2)8(4)9-7(5)3/h1-4H3. The average Bonchev–Trinajstić information content (AvgIpc) is 1.98. The maximum atomic E-state index is 2.21. The molecule has 1 aliphatic heterocycles. The Bertz CT molecular complexity index is 187. The first-order valence-electron chi connectivity index (χ1n) is 3.20. The molecule has 1 heteroatoms. The van der Waals surface area contributed by atoms with Crippen molar-refractivity contribution in [3.8, 4) is 0 Å². The summed E-state index contributed by atoms with van der Waals surface area (Å²) in [7, 11) is 1.44. The van der Waals surface area contributed by atoms with Crippen LogP contribution in [0.2, 0.25) is 0 Å². The molecule has 0 spiro atoms. The minimum Gasteiger partial charge on any atom is -0.0883 e. The Hall–Kier alpha value is -0.0900. The van der Waals surface area contributed by atoms with Crippen molar-refractivity contribution in [2.75, 3.05) is 0 Å². The second kappa shape index (κ2) is 2.27. The van der Waals surface area contributed by atoms with E-state index in [2.05, 4.69) is 27.7 Å². The van der Waals surface area contributed by atoms with E-state index in [4.69, 9.17) is 0 Å². The van der Waals surface area contributed by atoms with Gasteiger partial charge in [0.2, 0.25) is 0 Å². The lowest BCUT2D eigenvalue weighted by molar-refractivity contribution is 1.27. The van der Waals surface area contributed by atoms with E-state index < -0.39 is 0 Å². The Kier molecular flexibility index (Phi) is 1.77. The highest BCUT2D eigenvalue weighted by molar-refractivity contribution is 7.45. The van der Waals surface area contributed by atoms with E-state index in [1.54, 1.807) is 0 Å². The van der Waals surface area contributed by atoms with Gasteiger partial charge < -0.3 is 0 Å². The molecule has 0 nitrogen and oxygen atoms in total. The molecule has 0 atom stereocenters. The molecule has 0 aliphatic carbocycles. The van der Waals surface area contributed by atoms with Gasteiger partial charge in [-0.2, -0.15) is 0 Å². The van der Waals surface area contributed by atoms with Gasteiger partial charge in [-0.3, -0.25) is 0 Å². The first kappa shape index (κ1) is 7.02. The maximum absolute atomic E-state index is 2.21. The summed E-state index contributed by atoms with van der Waals surface area (Å²) in [4.78, 5) is 0. The fourth-order valence-electron chi connectivity index (χ4n) is 0.962. The minimum absolute atomic E-state index is 1.44. The summed E-state index contributed by atoms with van der Waals surface area (Å²) in [6.45, 7) is 8.82. The third-order valence-corrected chi connectivity index (χ3v) is 3.32. The van der Waals surface area contributed by atoms with E-state index >= 15 is 0 Å². The molecule has 0 aromatic carbocycles. The highest BCUT2D eigenvalue weighted by atomic mass is 31.1. The zero-order valence-electron chi connectivity index (χ0n) is 6.45. The Morgan fingerprint density at radius 1 is 0.889 bits per heavy atom. The Morgan fingerprint density at radius 3 is 1.56 bits per heavy atom. The van der Waals surface area contributed by atoms with Crippen molar-refractivity contribution in [1.29, 1.82) is 0 Å². The predicted octanol–water partition coefficient (Wildman–Crippen LogP) is 3.03. The van der Waals surface area contributed by atoms with Gasteiger partial charge in [-0.05, 0) is 38.6 Å². The molecule has 1 radical (unpaired) electrons. The molecule has 0 aromatic heterocycles.